The lowest BCUT2D eigenvalue weighted by Gasteiger charge is -2.23. The van der Waals surface area contributed by atoms with Gasteiger partial charge in [-0.05, 0) is 25.8 Å². The zero-order valence-corrected chi connectivity index (χ0v) is 10.2. The number of rotatable bonds is 6. The summed E-state index contributed by atoms with van der Waals surface area (Å²) in [4.78, 5) is 0. The normalized spacial score (nSPS) is 19.3. The second-order valence-corrected chi connectivity index (χ2v) is 6.40. The fraction of sp³-hybridized carbons (Fsp3) is 1.00. The van der Waals surface area contributed by atoms with Crippen LogP contribution >= 0.6 is 0 Å². The van der Waals surface area contributed by atoms with Gasteiger partial charge in [0.25, 0.3) is 0 Å². The first-order valence-electron chi connectivity index (χ1n) is 5.65. The molecule has 15 heavy (non-hydrogen) atoms. The van der Waals surface area contributed by atoms with Gasteiger partial charge >= 0.3 is 0 Å². The summed E-state index contributed by atoms with van der Waals surface area (Å²) < 4.78 is 27.6. The van der Waals surface area contributed by atoms with Gasteiger partial charge in [-0.15, -0.1) is 0 Å². The maximum absolute atomic E-state index is 11.2. The Morgan fingerprint density at radius 1 is 1.33 bits per heavy atom. The Morgan fingerprint density at radius 2 is 2.00 bits per heavy atom. The Balaban J connectivity index is 2.06. The van der Waals surface area contributed by atoms with E-state index in [1.54, 1.807) is 6.92 Å². The van der Waals surface area contributed by atoms with E-state index in [-0.39, 0.29) is 5.75 Å². The number of hydrogen-bond acceptors (Lipinski definition) is 4. The minimum Gasteiger partial charge on any atom is -0.381 e. The van der Waals surface area contributed by atoms with E-state index < -0.39 is 9.84 Å². The molecular formula is C10H21NO3S. The van der Waals surface area contributed by atoms with Crippen LogP contribution < -0.4 is 5.32 Å². The van der Waals surface area contributed by atoms with Gasteiger partial charge in [0.05, 0.1) is 5.75 Å². The van der Waals surface area contributed by atoms with Gasteiger partial charge in [0.1, 0.15) is 9.84 Å². The minimum atomic E-state index is -2.79. The first-order valence-corrected chi connectivity index (χ1v) is 7.48. The van der Waals surface area contributed by atoms with Gasteiger partial charge in [-0.2, -0.15) is 0 Å². The number of sulfone groups is 1. The van der Waals surface area contributed by atoms with Crippen molar-refractivity contribution < 1.29 is 13.2 Å². The molecule has 0 bridgehead atoms. The largest absolute Gasteiger partial charge is 0.381 e. The summed E-state index contributed by atoms with van der Waals surface area (Å²) in [6, 6.07) is 0.517. The smallest absolute Gasteiger partial charge is 0.150 e. The van der Waals surface area contributed by atoms with Crippen LogP contribution in [0.5, 0.6) is 0 Å². The van der Waals surface area contributed by atoms with Crippen LogP contribution in [0.3, 0.4) is 0 Å². The zero-order valence-electron chi connectivity index (χ0n) is 9.37. The molecule has 0 amide bonds. The quantitative estimate of drug-likeness (QED) is 0.684. The Bertz CT molecular complexity index is 258. The molecule has 0 unspecified atom stereocenters. The van der Waals surface area contributed by atoms with Gasteiger partial charge in [0, 0.05) is 25.0 Å². The molecule has 0 spiro atoms. The molecule has 0 aromatic carbocycles. The van der Waals surface area contributed by atoms with Crippen LogP contribution in [0.25, 0.3) is 0 Å². The summed E-state index contributed by atoms with van der Waals surface area (Å²) in [7, 11) is -2.79. The van der Waals surface area contributed by atoms with Gasteiger partial charge in [-0.1, -0.05) is 6.92 Å². The molecule has 0 radical (unpaired) electrons. The van der Waals surface area contributed by atoms with E-state index in [0.29, 0.717) is 18.2 Å². The standard InChI is InChI=1S/C10H21NO3S/c1-2-15(12,13)9-3-6-11-10-4-7-14-8-5-10/h10-11H,2-9H2,1H3. The third kappa shape index (κ3) is 5.49. The van der Waals surface area contributed by atoms with Crippen molar-refractivity contribution in [3.8, 4) is 0 Å². The number of nitrogens with one attached hydrogen (secondary N) is 1. The molecule has 1 saturated heterocycles. The van der Waals surface area contributed by atoms with Crippen molar-refractivity contribution >= 4 is 9.84 Å². The van der Waals surface area contributed by atoms with Gasteiger partial charge in [0.15, 0.2) is 0 Å². The Morgan fingerprint density at radius 3 is 2.60 bits per heavy atom. The van der Waals surface area contributed by atoms with Crippen molar-refractivity contribution in [1.29, 1.82) is 0 Å². The van der Waals surface area contributed by atoms with Crippen LogP contribution in [0.15, 0.2) is 0 Å². The molecule has 0 atom stereocenters. The molecule has 5 heteroatoms. The average molecular weight is 235 g/mol. The van der Waals surface area contributed by atoms with Gasteiger partial charge in [-0.25, -0.2) is 8.42 Å². The molecule has 0 saturated carbocycles. The second-order valence-electron chi connectivity index (χ2n) is 3.93. The summed E-state index contributed by atoms with van der Waals surface area (Å²) >= 11 is 0. The summed E-state index contributed by atoms with van der Waals surface area (Å²) in [5, 5.41) is 3.37. The van der Waals surface area contributed by atoms with Gasteiger partial charge in [-0.3, -0.25) is 0 Å². The molecule has 0 aromatic heterocycles. The van der Waals surface area contributed by atoms with E-state index >= 15 is 0 Å². The lowest BCUT2D eigenvalue weighted by molar-refractivity contribution is 0.0781. The summed E-state index contributed by atoms with van der Waals surface area (Å²) in [6.07, 6.45) is 2.80. The topological polar surface area (TPSA) is 55.4 Å². The molecular weight excluding hydrogens is 214 g/mol. The van der Waals surface area contributed by atoms with Crippen molar-refractivity contribution in [3.63, 3.8) is 0 Å². The monoisotopic (exact) mass is 235 g/mol. The van der Waals surface area contributed by atoms with Gasteiger partial charge in [0.2, 0.25) is 0 Å². The molecule has 1 rings (SSSR count). The number of ether oxygens (including phenoxy) is 1. The van der Waals surface area contributed by atoms with Crippen molar-refractivity contribution in [2.24, 2.45) is 0 Å². The summed E-state index contributed by atoms with van der Waals surface area (Å²) in [5.74, 6) is 0.560. The lowest BCUT2D eigenvalue weighted by atomic mass is 10.1. The van der Waals surface area contributed by atoms with E-state index in [2.05, 4.69) is 5.32 Å². The first-order chi connectivity index (χ1) is 7.14. The van der Waals surface area contributed by atoms with Crippen LogP contribution in [-0.2, 0) is 14.6 Å². The van der Waals surface area contributed by atoms with Gasteiger partial charge < -0.3 is 10.1 Å². The van der Waals surface area contributed by atoms with Crippen LogP contribution in [0.2, 0.25) is 0 Å². The second kappa shape index (κ2) is 6.45. The molecule has 1 N–H and O–H groups in total. The van der Waals surface area contributed by atoms with Crippen molar-refractivity contribution in [3.05, 3.63) is 0 Å². The predicted molar refractivity (Wildman–Crippen MR) is 60.8 cm³/mol. The third-order valence-corrected chi connectivity index (χ3v) is 4.52. The van der Waals surface area contributed by atoms with Crippen molar-refractivity contribution in [2.75, 3.05) is 31.3 Å². The highest BCUT2D eigenvalue weighted by atomic mass is 32.2. The fourth-order valence-corrected chi connectivity index (χ4v) is 2.52. The molecule has 90 valence electrons. The SMILES string of the molecule is CCS(=O)(=O)CCCNC1CCOCC1. The molecule has 1 heterocycles. The third-order valence-electron chi connectivity index (χ3n) is 2.73. The lowest BCUT2D eigenvalue weighted by Crippen LogP contribution is -2.35. The fourth-order valence-electron chi connectivity index (χ4n) is 1.64. The van der Waals surface area contributed by atoms with E-state index in [0.717, 1.165) is 32.6 Å². The van der Waals surface area contributed by atoms with E-state index in [1.165, 1.54) is 0 Å². The molecule has 0 aliphatic carbocycles. The average Bonchev–Trinajstić information content (AvgIpc) is 2.26. The van der Waals surface area contributed by atoms with Crippen LogP contribution in [0, 0.1) is 0 Å². The van der Waals surface area contributed by atoms with E-state index in [4.69, 9.17) is 4.74 Å². The first kappa shape index (κ1) is 12.9. The Hall–Kier alpha value is -0.130. The molecule has 0 aromatic rings. The maximum atomic E-state index is 11.2. The Labute approximate surface area is 92.3 Å². The van der Waals surface area contributed by atoms with Crippen LogP contribution in [0.1, 0.15) is 26.2 Å². The van der Waals surface area contributed by atoms with Crippen molar-refractivity contribution in [1.82, 2.24) is 5.32 Å². The van der Waals surface area contributed by atoms with Crippen LogP contribution in [0.4, 0.5) is 0 Å². The molecule has 1 fully saturated rings. The highest BCUT2D eigenvalue weighted by molar-refractivity contribution is 7.91. The summed E-state index contributed by atoms with van der Waals surface area (Å²) in [5.41, 5.74) is 0. The molecule has 1 aliphatic rings. The summed E-state index contributed by atoms with van der Waals surface area (Å²) in [6.45, 7) is 4.14. The molecule has 4 nitrogen and oxygen atoms in total. The van der Waals surface area contributed by atoms with Crippen molar-refractivity contribution in [2.45, 2.75) is 32.2 Å². The van der Waals surface area contributed by atoms with E-state index in [1.807, 2.05) is 0 Å². The Kier molecular flexibility index (Phi) is 5.56. The highest BCUT2D eigenvalue weighted by Gasteiger charge is 2.13. The van der Waals surface area contributed by atoms with Crippen LogP contribution in [-0.4, -0.2) is 45.7 Å². The van der Waals surface area contributed by atoms with E-state index in [9.17, 15) is 8.42 Å². The number of hydrogen-bond donors (Lipinski definition) is 1. The minimum absolute atomic E-state index is 0.254. The highest BCUT2D eigenvalue weighted by Crippen LogP contribution is 2.05. The predicted octanol–water partition coefficient (Wildman–Crippen LogP) is 0.580. The zero-order chi connectivity index (χ0) is 11.1. The molecule has 1 aliphatic heterocycles. The maximum Gasteiger partial charge on any atom is 0.150 e.